The Kier molecular flexibility index (Phi) is 4.12. The molecule has 6 heteroatoms. The first kappa shape index (κ1) is 16.2. The van der Waals surface area contributed by atoms with Gasteiger partial charge in [0.2, 0.25) is 0 Å². The van der Waals surface area contributed by atoms with E-state index in [1.54, 1.807) is 30.5 Å². The summed E-state index contributed by atoms with van der Waals surface area (Å²) in [6.07, 6.45) is 0. The van der Waals surface area contributed by atoms with Crippen molar-refractivity contribution in [3.8, 4) is 34.2 Å². The molecule has 0 aliphatic rings. The average molecular weight is 341 g/mol. The van der Waals surface area contributed by atoms with Gasteiger partial charge in [0.1, 0.15) is 29.0 Å². The predicted molar refractivity (Wildman–Crippen MR) is 92.7 cm³/mol. The Morgan fingerprint density at radius 1 is 1.29 bits per heavy atom. The molecule has 0 spiro atoms. The van der Waals surface area contributed by atoms with Crippen molar-refractivity contribution in [1.29, 1.82) is 5.26 Å². The van der Waals surface area contributed by atoms with Crippen LogP contribution >= 0.6 is 11.3 Å². The number of ether oxygens (including phenoxy) is 1. The first-order chi connectivity index (χ1) is 11.5. The van der Waals surface area contributed by atoms with E-state index in [0.29, 0.717) is 28.3 Å². The molecule has 0 unspecified atom stereocenters. The van der Waals surface area contributed by atoms with E-state index in [9.17, 15) is 9.65 Å². The summed E-state index contributed by atoms with van der Waals surface area (Å²) in [4.78, 5) is 1.08. The Morgan fingerprint density at radius 3 is 2.58 bits per heavy atom. The lowest BCUT2D eigenvalue weighted by Gasteiger charge is -2.07. The summed E-state index contributed by atoms with van der Waals surface area (Å²) in [5.74, 6) is 0.0147. The highest BCUT2D eigenvalue weighted by atomic mass is 32.1. The van der Waals surface area contributed by atoms with Crippen molar-refractivity contribution >= 4 is 11.3 Å². The molecule has 1 aromatic carbocycles. The van der Waals surface area contributed by atoms with Crippen LogP contribution in [0.5, 0.6) is 5.75 Å². The van der Waals surface area contributed by atoms with Crippen molar-refractivity contribution in [3.63, 3.8) is 0 Å². The molecule has 0 aliphatic heterocycles. The van der Waals surface area contributed by atoms with E-state index in [2.05, 4.69) is 11.2 Å². The van der Waals surface area contributed by atoms with Crippen molar-refractivity contribution in [2.75, 3.05) is 7.11 Å². The number of aromatic nitrogens is 2. The second-order valence-corrected chi connectivity index (χ2v) is 6.59. The van der Waals surface area contributed by atoms with Crippen molar-refractivity contribution < 1.29 is 9.13 Å². The van der Waals surface area contributed by atoms with E-state index in [0.717, 1.165) is 16.0 Å². The Hall–Kier alpha value is -2.65. The lowest BCUT2D eigenvalue weighted by Crippen LogP contribution is -1.94. The highest BCUT2D eigenvalue weighted by molar-refractivity contribution is 7.10. The van der Waals surface area contributed by atoms with Gasteiger partial charge in [0.25, 0.3) is 0 Å². The highest BCUT2D eigenvalue weighted by Crippen LogP contribution is 2.41. The lowest BCUT2D eigenvalue weighted by atomic mass is 9.96. The number of nitriles is 1. The van der Waals surface area contributed by atoms with Gasteiger partial charge in [0, 0.05) is 34.7 Å². The molecule has 0 aliphatic carbocycles. The molecule has 0 fully saturated rings. The van der Waals surface area contributed by atoms with E-state index in [-0.39, 0.29) is 0 Å². The van der Waals surface area contributed by atoms with Crippen LogP contribution in [-0.4, -0.2) is 16.9 Å². The first-order valence-electron chi connectivity index (χ1n) is 7.34. The maximum Gasteiger partial charge on any atom is 0.146 e. The van der Waals surface area contributed by atoms with Gasteiger partial charge >= 0.3 is 0 Å². The first-order valence-corrected chi connectivity index (χ1v) is 8.22. The molecule has 0 saturated carbocycles. The SMILES string of the molecule is COc1ccc(-c2nn(C)c(C#N)c2-c2c(C)csc2C)c(F)c1. The van der Waals surface area contributed by atoms with Crippen LogP contribution in [0.25, 0.3) is 22.4 Å². The van der Waals surface area contributed by atoms with Crippen molar-refractivity contribution in [1.82, 2.24) is 9.78 Å². The van der Waals surface area contributed by atoms with Gasteiger partial charge in [-0.15, -0.1) is 11.3 Å². The zero-order valence-corrected chi connectivity index (χ0v) is 14.7. The van der Waals surface area contributed by atoms with Crippen LogP contribution in [-0.2, 0) is 7.05 Å². The molecule has 2 heterocycles. The Bertz CT molecular complexity index is 946. The minimum atomic E-state index is -0.427. The maximum atomic E-state index is 14.6. The van der Waals surface area contributed by atoms with Crippen molar-refractivity contribution in [2.24, 2.45) is 7.05 Å². The average Bonchev–Trinajstić information content (AvgIpc) is 3.05. The summed E-state index contributed by atoms with van der Waals surface area (Å²) in [6.45, 7) is 3.98. The molecule has 0 amide bonds. The third-order valence-corrected chi connectivity index (χ3v) is 5.02. The fourth-order valence-electron chi connectivity index (χ4n) is 2.84. The number of thiophene rings is 1. The van der Waals surface area contributed by atoms with Gasteiger partial charge in [-0.25, -0.2) is 4.39 Å². The van der Waals surface area contributed by atoms with E-state index in [1.165, 1.54) is 17.9 Å². The second-order valence-electron chi connectivity index (χ2n) is 5.50. The summed E-state index contributed by atoms with van der Waals surface area (Å²) in [5, 5.41) is 16.0. The van der Waals surface area contributed by atoms with Crippen LogP contribution < -0.4 is 4.74 Å². The fraction of sp³-hybridized carbons (Fsp3) is 0.222. The molecule has 0 N–H and O–H groups in total. The molecule has 0 radical (unpaired) electrons. The molecule has 2 aromatic heterocycles. The van der Waals surface area contributed by atoms with E-state index in [1.807, 2.05) is 19.2 Å². The summed E-state index contributed by atoms with van der Waals surface area (Å²) < 4.78 is 21.1. The Labute approximate surface area is 143 Å². The normalized spacial score (nSPS) is 10.7. The van der Waals surface area contributed by atoms with Crippen LogP contribution in [0.4, 0.5) is 4.39 Å². The minimum Gasteiger partial charge on any atom is -0.497 e. The van der Waals surface area contributed by atoms with Gasteiger partial charge < -0.3 is 4.74 Å². The van der Waals surface area contributed by atoms with Crippen molar-refractivity contribution in [2.45, 2.75) is 13.8 Å². The van der Waals surface area contributed by atoms with Crippen LogP contribution in [0.15, 0.2) is 23.6 Å². The smallest absolute Gasteiger partial charge is 0.146 e. The highest BCUT2D eigenvalue weighted by Gasteiger charge is 2.24. The van der Waals surface area contributed by atoms with E-state index < -0.39 is 5.82 Å². The summed E-state index contributed by atoms with van der Waals surface area (Å²) >= 11 is 1.61. The van der Waals surface area contributed by atoms with Crippen LogP contribution in [0.2, 0.25) is 0 Å². The number of rotatable bonds is 3. The number of aryl methyl sites for hydroxylation is 3. The van der Waals surface area contributed by atoms with Crippen molar-refractivity contribution in [3.05, 3.63) is 45.5 Å². The molecule has 3 aromatic rings. The summed E-state index contributed by atoms with van der Waals surface area (Å²) in [5.41, 5.74) is 3.93. The molecule has 122 valence electrons. The van der Waals surface area contributed by atoms with E-state index in [4.69, 9.17) is 4.74 Å². The molecule has 0 atom stereocenters. The molecule has 24 heavy (non-hydrogen) atoms. The van der Waals surface area contributed by atoms with Crippen LogP contribution in [0.1, 0.15) is 16.1 Å². The number of methoxy groups -OCH3 is 1. The molecule has 4 nitrogen and oxygen atoms in total. The second kappa shape index (κ2) is 6.10. The molecular formula is C18H16FN3OS. The van der Waals surface area contributed by atoms with Gasteiger partial charge in [-0.1, -0.05) is 0 Å². The van der Waals surface area contributed by atoms with Gasteiger partial charge in [-0.05, 0) is 36.9 Å². The van der Waals surface area contributed by atoms with Gasteiger partial charge in [-0.2, -0.15) is 10.4 Å². The third-order valence-electron chi connectivity index (χ3n) is 3.99. The molecular weight excluding hydrogens is 325 g/mol. The molecule has 0 saturated heterocycles. The zero-order valence-electron chi connectivity index (χ0n) is 13.8. The standard InChI is InChI=1S/C18H16FN3OS/c1-10-9-24-11(2)16(10)17-15(8-20)22(3)21-18(17)13-6-5-12(23-4)7-14(13)19/h5-7,9H,1-4H3. The summed E-state index contributed by atoms with van der Waals surface area (Å²) in [7, 11) is 3.19. The van der Waals surface area contributed by atoms with Crippen LogP contribution in [0.3, 0.4) is 0 Å². The Balaban J connectivity index is 2.33. The lowest BCUT2D eigenvalue weighted by molar-refractivity contribution is 0.411. The quantitative estimate of drug-likeness (QED) is 0.707. The molecule has 3 rings (SSSR count). The van der Waals surface area contributed by atoms with E-state index >= 15 is 0 Å². The molecule has 0 bridgehead atoms. The fourth-order valence-corrected chi connectivity index (χ4v) is 3.69. The largest absolute Gasteiger partial charge is 0.497 e. The van der Waals surface area contributed by atoms with Gasteiger partial charge in [-0.3, -0.25) is 4.68 Å². The number of benzene rings is 1. The Morgan fingerprint density at radius 2 is 2.04 bits per heavy atom. The predicted octanol–water partition coefficient (Wildman–Crippen LogP) is 4.45. The van der Waals surface area contributed by atoms with Gasteiger partial charge in [0.15, 0.2) is 0 Å². The maximum absolute atomic E-state index is 14.6. The van der Waals surface area contributed by atoms with Gasteiger partial charge in [0.05, 0.1) is 7.11 Å². The monoisotopic (exact) mass is 341 g/mol. The summed E-state index contributed by atoms with van der Waals surface area (Å²) in [6, 6.07) is 6.85. The topological polar surface area (TPSA) is 50.8 Å². The number of halogens is 1. The number of nitrogens with zero attached hydrogens (tertiary/aromatic N) is 3. The third kappa shape index (κ3) is 2.47. The number of hydrogen-bond donors (Lipinski definition) is 0. The number of hydrogen-bond acceptors (Lipinski definition) is 4. The zero-order chi connectivity index (χ0) is 17.4. The van der Waals surface area contributed by atoms with Crippen LogP contribution in [0, 0.1) is 31.0 Å². The minimum absolute atomic E-state index is 0.355.